The standard InChI is InChI=1S/C13H18BrNO5S/c1-8-10(14)5-9(12(16)17)6-11(8)21(18,19)15-13(2,3)7-20-4/h5-6,15H,7H2,1-4H3,(H,16,17). The van der Waals surface area contributed by atoms with Crippen molar-refractivity contribution in [2.75, 3.05) is 13.7 Å². The third kappa shape index (κ3) is 4.50. The molecule has 1 rings (SSSR count). The molecular weight excluding hydrogens is 362 g/mol. The van der Waals surface area contributed by atoms with Gasteiger partial charge in [0.25, 0.3) is 0 Å². The Morgan fingerprint density at radius 1 is 1.43 bits per heavy atom. The number of hydrogen-bond donors (Lipinski definition) is 2. The van der Waals surface area contributed by atoms with E-state index in [1.54, 1.807) is 20.8 Å². The number of methoxy groups -OCH3 is 1. The maximum atomic E-state index is 12.5. The van der Waals surface area contributed by atoms with E-state index >= 15 is 0 Å². The topological polar surface area (TPSA) is 92.7 Å². The van der Waals surface area contributed by atoms with E-state index in [1.807, 2.05) is 0 Å². The summed E-state index contributed by atoms with van der Waals surface area (Å²) in [6, 6.07) is 2.52. The van der Waals surface area contributed by atoms with Gasteiger partial charge in [-0.05, 0) is 38.5 Å². The maximum absolute atomic E-state index is 12.5. The van der Waals surface area contributed by atoms with Crippen LogP contribution in [-0.2, 0) is 14.8 Å². The van der Waals surface area contributed by atoms with E-state index in [1.165, 1.54) is 13.2 Å². The Morgan fingerprint density at radius 3 is 2.48 bits per heavy atom. The summed E-state index contributed by atoms with van der Waals surface area (Å²) in [6.45, 7) is 5.15. The second-order valence-corrected chi connectivity index (χ2v) is 7.81. The number of halogens is 1. The Kier molecular flexibility index (Phi) is 5.54. The molecule has 2 N–H and O–H groups in total. The van der Waals surface area contributed by atoms with Crippen molar-refractivity contribution in [3.05, 3.63) is 27.7 Å². The van der Waals surface area contributed by atoms with Crippen LogP contribution in [0.2, 0.25) is 0 Å². The van der Waals surface area contributed by atoms with E-state index in [0.717, 1.165) is 6.07 Å². The van der Waals surface area contributed by atoms with Gasteiger partial charge in [-0.25, -0.2) is 17.9 Å². The number of carbonyl (C=O) groups is 1. The lowest BCUT2D eigenvalue weighted by Gasteiger charge is -2.25. The highest BCUT2D eigenvalue weighted by atomic mass is 79.9. The van der Waals surface area contributed by atoms with Gasteiger partial charge in [0.15, 0.2) is 0 Å². The van der Waals surface area contributed by atoms with Crippen LogP contribution in [0.3, 0.4) is 0 Å². The van der Waals surface area contributed by atoms with Crippen LogP contribution >= 0.6 is 15.9 Å². The lowest BCUT2D eigenvalue weighted by molar-refractivity contribution is 0.0696. The van der Waals surface area contributed by atoms with Crippen LogP contribution in [0.4, 0.5) is 0 Å². The summed E-state index contributed by atoms with van der Waals surface area (Å²) < 4.78 is 32.9. The van der Waals surface area contributed by atoms with Gasteiger partial charge in [0, 0.05) is 11.6 Å². The molecule has 8 heteroatoms. The third-order valence-corrected chi connectivity index (χ3v) is 5.40. The van der Waals surface area contributed by atoms with Crippen LogP contribution in [0.5, 0.6) is 0 Å². The van der Waals surface area contributed by atoms with Gasteiger partial charge in [0.1, 0.15) is 0 Å². The van der Waals surface area contributed by atoms with Gasteiger partial charge in [0.05, 0.1) is 22.6 Å². The minimum Gasteiger partial charge on any atom is -0.478 e. The second kappa shape index (κ2) is 6.43. The Labute approximate surface area is 132 Å². The molecule has 0 saturated heterocycles. The third-order valence-electron chi connectivity index (χ3n) is 2.75. The monoisotopic (exact) mass is 379 g/mol. The molecule has 0 aliphatic carbocycles. The fourth-order valence-electron chi connectivity index (χ4n) is 1.87. The van der Waals surface area contributed by atoms with Gasteiger partial charge in [-0.1, -0.05) is 15.9 Å². The SMILES string of the molecule is COCC(C)(C)NS(=O)(=O)c1cc(C(=O)O)cc(Br)c1C. The van der Waals surface area contributed by atoms with E-state index in [2.05, 4.69) is 20.7 Å². The molecule has 0 heterocycles. The summed E-state index contributed by atoms with van der Waals surface area (Å²) in [5.74, 6) is -1.19. The lowest BCUT2D eigenvalue weighted by Crippen LogP contribution is -2.46. The highest BCUT2D eigenvalue weighted by Crippen LogP contribution is 2.26. The van der Waals surface area contributed by atoms with Gasteiger partial charge in [-0.3, -0.25) is 0 Å². The van der Waals surface area contributed by atoms with E-state index in [9.17, 15) is 13.2 Å². The molecule has 0 aliphatic heterocycles. The number of hydrogen-bond acceptors (Lipinski definition) is 4. The molecule has 0 atom stereocenters. The minimum atomic E-state index is -3.87. The van der Waals surface area contributed by atoms with E-state index in [4.69, 9.17) is 9.84 Å². The van der Waals surface area contributed by atoms with Crippen molar-refractivity contribution in [3.8, 4) is 0 Å². The average molecular weight is 380 g/mol. The Bertz CT molecular complexity index is 655. The number of sulfonamides is 1. The van der Waals surface area contributed by atoms with Gasteiger partial charge in [-0.2, -0.15) is 0 Å². The summed E-state index contributed by atoms with van der Waals surface area (Å²) >= 11 is 3.19. The van der Waals surface area contributed by atoms with Crippen molar-refractivity contribution in [2.45, 2.75) is 31.2 Å². The first-order chi connectivity index (χ1) is 9.50. The molecule has 21 heavy (non-hydrogen) atoms. The zero-order valence-corrected chi connectivity index (χ0v) is 14.6. The zero-order chi connectivity index (χ0) is 16.4. The summed E-state index contributed by atoms with van der Waals surface area (Å²) in [7, 11) is -2.40. The summed E-state index contributed by atoms with van der Waals surface area (Å²) in [5.41, 5.74) is -0.468. The molecule has 0 bridgehead atoms. The van der Waals surface area contributed by atoms with Crippen LogP contribution < -0.4 is 4.72 Å². The van der Waals surface area contributed by atoms with Gasteiger partial charge >= 0.3 is 5.97 Å². The molecule has 0 aliphatic rings. The van der Waals surface area contributed by atoms with E-state index in [-0.39, 0.29) is 17.1 Å². The number of carboxylic acid groups (broad SMARTS) is 1. The first-order valence-corrected chi connectivity index (χ1v) is 8.34. The van der Waals surface area contributed by atoms with Crippen molar-refractivity contribution in [1.82, 2.24) is 4.72 Å². The zero-order valence-electron chi connectivity index (χ0n) is 12.2. The van der Waals surface area contributed by atoms with Crippen molar-refractivity contribution in [3.63, 3.8) is 0 Å². The van der Waals surface area contributed by atoms with Crippen molar-refractivity contribution < 1.29 is 23.1 Å². The fraction of sp³-hybridized carbons (Fsp3) is 0.462. The molecule has 0 fully saturated rings. The maximum Gasteiger partial charge on any atom is 0.335 e. The van der Waals surface area contributed by atoms with Gasteiger partial charge in [-0.15, -0.1) is 0 Å². The van der Waals surface area contributed by atoms with Crippen molar-refractivity contribution >= 4 is 31.9 Å². The van der Waals surface area contributed by atoms with Crippen molar-refractivity contribution in [1.29, 1.82) is 0 Å². The van der Waals surface area contributed by atoms with Gasteiger partial charge < -0.3 is 9.84 Å². The quantitative estimate of drug-likeness (QED) is 0.789. The first kappa shape index (κ1) is 18.1. The molecule has 0 amide bonds. The highest BCUT2D eigenvalue weighted by Gasteiger charge is 2.28. The summed E-state index contributed by atoms with van der Waals surface area (Å²) in [6.07, 6.45) is 0. The molecule has 0 unspecified atom stereocenters. The lowest BCUT2D eigenvalue weighted by atomic mass is 10.1. The van der Waals surface area contributed by atoms with E-state index < -0.39 is 21.5 Å². The van der Waals surface area contributed by atoms with Crippen LogP contribution in [0.1, 0.15) is 29.8 Å². The molecule has 0 radical (unpaired) electrons. The number of carboxylic acids is 1. The summed E-state index contributed by atoms with van der Waals surface area (Å²) in [4.78, 5) is 11.0. The largest absolute Gasteiger partial charge is 0.478 e. The molecule has 0 aromatic heterocycles. The predicted octanol–water partition coefficient (Wildman–Crippen LogP) is 2.16. The number of ether oxygens (including phenoxy) is 1. The number of aromatic carboxylic acids is 1. The Balaban J connectivity index is 3.35. The predicted molar refractivity (Wildman–Crippen MR) is 82.1 cm³/mol. The van der Waals surface area contributed by atoms with Crippen LogP contribution in [0.15, 0.2) is 21.5 Å². The molecule has 1 aromatic rings. The fourth-order valence-corrected chi connectivity index (χ4v) is 4.15. The van der Waals surface area contributed by atoms with Crippen molar-refractivity contribution in [2.24, 2.45) is 0 Å². The molecule has 118 valence electrons. The normalized spacial score (nSPS) is 12.4. The second-order valence-electron chi connectivity index (χ2n) is 5.31. The summed E-state index contributed by atoms with van der Waals surface area (Å²) in [5, 5.41) is 9.05. The Morgan fingerprint density at radius 2 is 2.00 bits per heavy atom. The van der Waals surface area contributed by atoms with Crippen LogP contribution in [-0.4, -0.2) is 38.7 Å². The number of benzene rings is 1. The molecular formula is C13H18BrNO5S. The molecule has 0 saturated carbocycles. The average Bonchev–Trinajstić information content (AvgIpc) is 2.30. The van der Waals surface area contributed by atoms with E-state index in [0.29, 0.717) is 10.0 Å². The number of rotatable bonds is 6. The molecule has 0 spiro atoms. The highest BCUT2D eigenvalue weighted by molar-refractivity contribution is 9.10. The van der Waals surface area contributed by atoms with Crippen LogP contribution in [0, 0.1) is 6.92 Å². The molecule has 1 aromatic carbocycles. The van der Waals surface area contributed by atoms with Crippen LogP contribution in [0.25, 0.3) is 0 Å². The Hall–Kier alpha value is -0.960. The first-order valence-electron chi connectivity index (χ1n) is 6.06. The smallest absolute Gasteiger partial charge is 0.335 e. The number of nitrogens with one attached hydrogen (secondary N) is 1. The van der Waals surface area contributed by atoms with Gasteiger partial charge in [0.2, 0.25) is 10.0 Å². The minimum absolute atomic E-state index is 0.0709. The molecule has 6 nitrogen and oxygen atoms in total.